The molecule has 0 unspecified atom stereocenters. The van der Waals surface area contributed by atoms with Gasteiger partial charge in [0, 0.05) is 92.5 Å². The Morgan fingerprint density at radius 2 is 1.06 bits per heavy atom. The summed E-state index contributed by atoms with van der Waals surface area (Å²) in [4.78, 5) is 71.7. The van der Waals surface area contributed by atoms with Crippen LogP contribution in [0.3, 0.4) is 0 Å². The predicted molar refractivity (Wildman–Crippen MR) is 227 cm³/mol. The topological polar surface area (TPSA) is 296 Å². The number of anilines is 1. The van der Waals surface area contributed by atoms with E-state index in [2.05, 4.69) is 51.5 Å². The van der Waals surface area contributed by atoms with Crippen LogP contribution in [0.2, 0.25) is 0 Å². The first-order chi connectivity index (χ1) is 29.4. The highest BCUT2D eigenvalue weighted by atomic mass is 16.5. The lowest BCUT2D eigenvalue weighted by atomic mass is 9.89. The van der Waals surface area contributed by atoms with E-state index in [1.807, 2.05) is 42.5 Å². The summed E-state index contributed by atoms with van der Waals surface area (Å²) in [5.74, 6) is -5.38. The van der Waals surface area contributed by atoms with Crippen molar-refractivity contribution < 1.29 is 64.1 Å². The van der Waals surface area contributed by atoms with Crippen LogP contribution in [0.4, 0.5) is 5.82 Å². The number of para-hydroxylation sites is 1. The highest BCUT2D eigenvalue weighted by molar-refractivity contribution is 6.00. The number of aliphatic carboxylic acids is 6. The fourth-order valence-corrected chi connectivity index (χ4v) is 6.68. The third kappa shape index (κ3) is 16.7. The van der Waals surface area contributed by atoms with Gasteiger partial charge in [0.25, 0.3) is 0 Å². The van der Waals surface area contributed by atoms with Crippen LogP contribution in [0, 0.1) is 0 Å². The molecule has 6 rings (SSSR count). The lowest BCUT2D eigenvalue weighted by molar-refractivity contribution is -0.134. The smallest absolute Gasteiger partial charge is 0.328 e. The molecule has 1 aliphatic heterocycles. The molecular formula is C43H50N6O13. The molecule has 2 aromatic heterocycles. The van der Waals surface area contributed by atoms with Crippen LogP contribution in [-0.4, -0.2) is 129 Å². The second kappa shape index (κ2) is 24.6. The van der Waals surface area contributed by atoms with Gasteiger partial charge in [0.2, 0.25) is 0 Å². The predicted octanol–water partition coefficient (Wildman–Crippen LogP) is 5.12. The van der Waals surface area contributed by atoms with E-state index in [0.29, 0.717) is 60.4 Å². The average Bonchev–Trinajstić information content (AvgIpc) is 3.64. The summed E-state index contributed by atoms with van der Waals surface area (Å²) in [5, 5.41) is 47.8. The van der Waals surface area contributed by atoms with E-state index in [-0.39, 0.29) is 0 Å². The van der Waals surface area contributed by atoms with Crippen LogP contribution in [0.1, 0.15) is 45.6 Å². The largest absolute Gasteiger partial charge is 0.478 e. The molecule has 0 spiro atoms. The van der Waals surface area contributed by atoms with Gasteiger partial charge in [0.1, 0.15) is 29.3 Å². The van der Waals surface area contributed by atoms with Gasteiger partial charge in [-0.3, -0.25) is 9.80 Å². The quantitative estimate of drug-likeness (QED) is 0.0910. The number of fused-ring (bicyclic) bond motifs is 1. The van der Waals surface area contributed by atoms with Gasteiger partial charge in [-0.1, -0.05) is 30.3 Å². The van der Waals surface area contributed by atoms with Gasteiger partial charge in [-0.05, 0) is 69.4 Å². The standard InChI is InChI=1S/C31H38N6O.3C4H4O4/c1-22(2)35-16-18-36(19-17-35)24-10-12-25(13-11-24)37-20-28(29-30(32)33-21-34-31(29)37)23-8-14-27(15-9-23)38-26-6-4-3-5-7-26;3*5-3(6)1-2-4(7)8/h3-9,14-15,20-22,24-25H,10-13,16-19H2,1-2H3,(H2,32,33,34);3*1-2H,(H,5,6)(H,7,8)/b;3*2-1-/t24-,25-;;;. The van der Waals surface area contributed by atoms with Gasteiger partial charge >= 0.3 is 35.8 Å². The third-order valence-electron chi connectivity index (χ3n) is 9.54. The molecule has 2 aliphatic rings. The van der Waals surface area contributed by atoms with Crippen molar-refractivity contribution in [3.63, 3.8) is 0 Å². The Kier molecular flexibility index (Phi) is 19.5. The number of rotatable bonds is 12. The van der Waals surface area contributed by atoms with Crippen molar-refractivity contribution in [2.75, 3.05) is 31.9 Å². The molecule has 0 atom stereocenters. The van der Waals surface area contributed by atoms with E-state index in [4.69, 9.17) is 46.1 Å². The fraction of sp³-hybridized carbons (Fsp3) is 0.302. The molecule has 330 valence electrons. The van der Waals surface area contributed by atoms with Crippen LogP contribution in [0.25, 0.3) is 22.2 Å². The Bertz CT molecular complexity index is 2090. The number of nitrogens with two attached hydrogens (primary N) is 1. The minimum Gasteiger partial charge on any atom is -0.478 e. The maximum atomic E-state index is 9.55. The molecule has 8 N–H and O–H groups in total. The second-order valence-corrected chi connectivity index (χ2v) is 14.0. The van der Waals surface area contributed by atoms with E-state index < -0.39 is 35.8 Å². The third-order valence-corrected chi connectivity index (χ3v) is 9.54. The van der Waals surface area contributed by atoms with Crippen molar-refractivity contribution in [3.8, 4) is 22.6 Å². The van der Waals surface area contributed by atoms with Gasteiger partial charge in [-0.25, -0.2) is 38.7 Å². The zero-order valence-corrected chi connectivity index (χ0v) is 34.1. The van der Waals surface area contributed by atoms with E-state index in [1.165, 1.54) is 39.0 Å². The average molecular weight is 859 g/mol. The van der Waals surface area contributed by atoms with E-state index >= 15 is 0 Å². The molecule has 1 saturated heterocycles. The lowest BCUT2D eigenvalue weighted by Crippen LogP contribution is -2.52. The maximum absolute atomic E-state index is 9.55. The van der Waals surface area contributed by atoms with Gasteiger partial charge in [0.05, 0.1) is 5.39 Å². The van der Waals surface area contributed by atoms with Crippen LogP contribution in [0.5, 0.6) is 11.5 Å². The summed E-state index contributed by atoms with van der Waals surface area (Å²) in [6.45, 7) is 9.37. The molecule has 1 aliphatic carbocycles. The summed E-state index contributed by atoms with van der Waals surface area (Å²) in [6.07, 6.45) is 12.0. The second-order valence-electron chi connectivity index (χ2n) is 14.0. The minimum atomic E-state index is -1.26. The van der Waals surface area contributed by atoms with Crippen LogP contribution in [0.15, 0.2) is 104 Å². The molecule has 0 radical (unpaired) electrons. The van der Waals surface area contributed by atoms with Crippen molar-refractivity contribution in [1.29, 1.82) is 0 Å². The number of piperazine rings is 1. The molecule has 2 fully saturated rings. The molecule has 2 aromatic carbocycles. The monoisotopic (exact) mass is 858 g/mol. The van der Waals surface area contributed by atoms with Crippen molar-refractivity contribution in [1.82, 2.24) is 24.3 Å². The Labute approximate surface area is 356 Å². The molecular weight excluding hydrogens is 809 g/mol. The number of carbonyl (C=O) groups is 6. The SMILES string of the molecule is CC(C)N1CCN([C@H]2CC[C@H](n3cc(-c4ccc(Oc5ccccc5)cc4)c4c(N)ncnc43)CC2)CC1.O=C(O)/C=C\C(=O)O.O=C(O)/C=C\C(=O)O.O=C(O)/C=C\C(=O)O. The number of hydrogen-bond acceptors (Lipinski definition) is 12. The molecule has 3 heterocycles. The van der Waals surface area contributed by atoms with E-state index in [1.54, 1.807) is 6.33 Å². The maximum Gasteiger partial charge on any atom is 0.328 e. The first-order valence-electron chi connectivity index (χ1n) is 19.3. The van der Waals surface area contributed by atoms with E-state index in [9.17, 15) is 28.8 Å². The van der Waals surface area contributed by atoms with Crippen molar-refractivity contribution in [2.24, 2.45) is 0 Å². The van der Waals surface area contributed by atoms with Crippen molar-refractivity contribution in [3.05, 3.63) is 104 Å². The first-order valence-corrected chi connectivity index (χ1v) is 19.3. The summed E-state index contributed by atoms with van der Waals surface area (Å²) in [6, 6.07) is 19.8. The Morgan fingerprint density at radius 1 is 0.629 bits per heavy atom. The lowest BCUT2D eigenvalue weighted by Gasteiger charge is -2.43. The van der Waals surface area contributed by atoms with Crippen LogP contribution >= 0.6 is 0 Å². The minimum absolute atomic E-state index is 0.425. The Balaban J connectivity index is 0.000000349. The van der Waals surface area contributed by atoms with Gasteiger partial charge in [-0.15, -0.1) is 0 Å². The number of ether oxygens (including phenoxy) is 1. The number of nitrogens with zero attached hydrogens (tertiary/aromatic N) is 5. The highest BCUT2D eigenvalue weighted by Crippen LogP contribution is 2.39. The van der Waals surface area contributed by atoms with Crippen molar-refractivity contribution >= 4 is 52.7 Å². The fourth-order valence-electron chi connectivity index (χ4n) is 6.68. The molecule has 19 nitrogen and oxygen atoms in total. The number of hydrogen-bond donors (Lipinski definition) is 7. The summed E-state index contributed by atoms with van der Waals surface area (Å²) >= 11 is 0. The molecule has 4 aromatic rings. The number of aromatic nitrogens is 3. The highest BCUT2D eigenvalue weighted by Gasteiger charge is 2.30. The summed E-state index contributed by atoms with van der Waals surface area (Å²) in [5.41, 5.74) is 9.53. The molecule has 1 saturated carbocycles. The summed E-state index contributed by atoms with van der Waals surface area (Å²) < 4.78 is 8.36. The van der Waals surface area contributed by atoms with Crippen LogP contribution in [-0.2, 0) is 28.8 Å². The van der Waals surface area contributed by atoms with Crippen molar-refractivity contribution in [2.45, 2.75) is 57.7 Å². The van der Waals surface area contributed by atoms with Gasteiger partial charge in [0.15, 0.2) is 0 Å². The molecule has 0 amide bonds. The Morgan fingerprint density at radius 3 is 1.50 bits per heavy atom. The number of carboxylic acids is 6. The zero-order valence-electron chi connectivity index (χ0n) is 34.1. The number of benzene rings is 2. The normalized spacial score (nSPS) is 16.7. The molecule has 62 heavy (non-hydrogen) atoms. The number of carboxylic acid groups (broad SMARTS) is 6. The zero-order chi connectivity index (χ0) is 45.8. The van der Waals surface area contributed by atoms with Gasteiger partial charge < -0.3 is 45.7 Å². The summed E-state index contributed by atoms with van der Waals surface area (Å²) in [7, 11) is 0. The molecule has 0 bridgehead atoms. The first kappa shape index (κ1) is 49.0. The van der Waals surface area contributed by atoms with Crippen LogP contribution < -0.4 is 10.5 Å². The van der Waals surface area contributed by atoms with E-state index in [0.717, 1.165) is 46.5 Å². The molecule has 19 heteroatoms. The number of nitrogen functional groups attached to an aromatic ring is 1. The Hall–Kier alpha value is -7.38. The van der Waals surface area contributed by atoms with Gasteiger partial charge in [-0.2, -0.15) is 0 Å².